The number of hydrogen-bond donors (Lipinski definition) is 2. The van der Waals surface area contributed by atoms with Gasteiger partial charge in [0.1, 0.15) is 22.8 Å². The number of carbonyl (C=O) groups excluding carboxylic acids is 2. The van der Waals surface area contributed by atoms with Crippen molar-refractivity contribution in [3.05, 3.63) is 68.9 Å². The molecule has 2 aromatic heterocycles. The third-order valence-corrected chi connectivity index (χ3v) is 6.49. The minimum absolute atomic E-state index is 0.0123. The fourth-order valence-corrected chi connectivity index (χ4v) is 4.40. The van der Waals surface area contributed by atoms with Gasteiger partial charge in [-0.05, 0) is 85.5 Å². The summed E-state index contributed by atoms with van der Waals surface area (Å²) in [7, 11) is 1.80. The van der Waals surface area contributed by atoms with E-state index in [0.29, 0.717) is 24.3 Å². The van der Waals surface area contributed by atoms with Crippen LogP contribution in [-0.2, 0) is 7.05 Å². The molecule has 0 spiro atoms. The highest BCUT2D eigenvalue weighted by Crippen LogP contribution is 2.26. The molecule has 1 fully saturated rings. The lowest BCUT2D eigenvalue weighted by molar-refractivity contribution is 0.0887. The molecule has 0 saturated heterocycles. The van der Waals surface area contributed by atoms with E-state index in [2.05, 4.69) is 43.3 Å². The number of ether oxygens (including phenoxy) is 1. The van der Waals surface area contributed by atoms with Crippen LogP contribution < -0.4 is 15.4 Å². The number of aromatic nitrogens is 3. The first kappa shape index (κ1) is 24.1. The van der Waals surface area contributed by atoms with Gasteiger partial charge in [0.15, 0.2) is 0 Å². The predicted molar refractivity (Wildman–Crippen MR) is 132 cm³/mol. The van der Waals surface area contributed by atoms with E-state index >= 15 is 0 Å². The summed E-state index contributed by atoms with van der Waals surface area (Å²) >= 11 is 2.16. The molecule has 2 amide bonds. The van der Waals surface area contributed by atoms with Crippen LogP contribution >= 0.6 is 22.6 Å². The Morgan fingerprint density at radius 3 is 2.38 bits per heavy atom. The molecule has 3 aromatic rings. The van der Waals surface area contributed by atoms with E-state index in [1.807, 2.05) is 19.1 Å². The molecule has 1 aliphatic rings. The lowest BCUT2D eigenvalue weighted by Gasteiger charge is -2.29. The van der Waals surface area contributed by atoms with Gasteiger partial charge in [0.25, 0.3) is 11.8 Å². The second-order valence-electron chi connectivity index (χ2n) is 8.36. The van der Waals surface area contributed by atoms with Crippen LogP contribution in [0.4, 0.5) is 4.39 Å². The first-order chi connectivity index (χ1) is 16.3. The van der Waals surface area contributed by atoms with Gasteiger partial charge < -0.3 is 15.4 Å². The number of nitrogens with zero attached hydrogens (tertiary/aromatic N) is 3. The average molecular weight is 577 g/mol. The van der Waals surface area contributed by atoms with Gasteiger partial charge in [0.2, 0.25) is 5.88 Å². The zero-order valence-electron chi connectivity index (χ0n) is 18.8. The van der Waals surface area contributed by atoms with Crippen LogP contribution in [-0.4, -0.2) is 38.7 Å². The number of carbonyl (C=O) groups is 2. The summed E-state index contributed by atoms with van der Waals surface area (Å²) in [5.74, 6) is -0.688. The first-order valence-corrected chi connectivity index (χ1v) is 12.1. The Morgan fingerprint density at radius 2 is 1.76 bits per heavy atom. The zero-order chi connectivity index (χ0) is 24.2. The largest absolute Gasteiger partial charge is 0.438 e. The first-order valence-electron chi connectivity index (χ1n) is 11.0. The molecule has 0 bridgehead atoms. The normalized spacial score (nSPS) is 17.8. The Bertz CT molecular complexity index is 1190. The molecule has 0 atom stereocenters. The summed E-state index contributed by atoms with van der Waals surface area (Å²) in [5.41, 5.74) is 1.35. The Morgan fingerprint density at radius 1 is 1.09 bits per heavy atom. The second-order valence-corrected chi connectivity index (χ2v) is 9.60. The van der Waals surface area contributed by atoms with Crippen molar-refractivity contribution >= 4 is 34.4 Å². The van der Waals surface area contributed by atoms with E-state index in [0.717, 1.165) is 34.4 Å². The summed E-state index contributed by atoms with van der Waals surface area (Å²) in [5, 5.41) is 10.2. The van der Waals surface area contributed by atoms with Crippen LogP contribution in [0.25, 0.3) is 0 Å². The molecule has 1 saturated carbocycles. The van der Waals surface area contributed by atoms with E-state index in [1.165, 1.54) is 0 Å². The summed E-state index contributed by atoms with van der Waals surface area (Å²) in [6.07, 6.45) is 3.84. The smallest absolute Gasteiger partial charge is 0.272 e. The molecule has 0 unspecified atom stereocenters. The fraction of sp³-hybridized carbons (Fsp3) is 0.333. The minimum atomic E-state index is -0.615. The van der Waals surface area contributed by atoms with Gasteiger partial charge in [0.05, 0.1) is 6.20 Å². The van der Waals surface area contributed by atoms with Crippen molar-refractivity contribution in [3.8, 4) is 11.6 Å². The van der Waals surface area contributed by atoms with E-state index < -0.39 is 11.7 Å². The minimum Gasteiger partial charge on any atom is -0.438 e. The van der Waals surface area contributed by atoms with Gasteiger partial charge in [0, 0.05) is 28.4 Å². The van der Waals surface area contributed by atoms with Crippen molar-refractivity contribution in [3.63, 3.8) is 0 Å². The quantitative estimate of drug-likeness (QED) is 0.430. The van der Waals surface area contributed by atoms with E-state index in [-0.39, 0.29) is 29.4 Å². The van der Waals surface area contributed by atoms with Crippen molar-refractivity contribution in [1.29, 1.82) is 0 Å². The maximum absolute atomic E-state index is 13.9. The van der Waals surface area contributed by atoms with Gasteiger partial charge in [-0.15, -0.1) is 0 Å². The van der Waals surface area contributed by atoms with Gasteiger partial charge in [-0.1, -0.05) is 6.07 Å². The average Bonchev–Trinajstić information content (AvgIpc) is 3.15. The molecule has 178 valence electrons. The highest BCUT2D eigenvalue weighted by Gasteiger charge is 2.26. The molecular formula is C24H25FIN5O3. The molecule has 2 N–H and O–H groups in total. The maximum Gasteiger partial charge on any atom is 0.272 e. The summed E-state index contributed by atoms with van der Waals surface area (Å²) < 4.78 is 22.3. The molecule has 0 aliphatic heterocycles. The van der Waals surface area contributed by atoms with Gasteiger partial charge in [-0.25, -0.2) is 9.37 Å². The van der Waals surface area contributed by atoms with Crippen molar-refractivity contribution in [1.82, 2.24) is 25.4 Å². The van der Waals surface area contributed by atoms with Crippen LogP contribution in [0.1, 0.15) is 52.2 Å². The molecule has 34 heavy (non-hydrogen) atoms. The molecule has 1 aliphatic carbocycles. The van der Waals surface area contributed by atoms with Gasteiger partial charge >= 0.3 is 0 Å². The monoisotopic (exact) mass is 577 g/mol. The van der Waals surface area contributed by atoms with Gasteiger partial charge in [-0.3, -0.25) is 14.3 Å². The predicted octanol–water partition coefficient (Wildman–Crippen LogP) is 4.13. The molecule has 1 aromatic carbocycles. The Labute approximate surface area is 210 Å². The third-order valence-electron chi connectivity index (χ3n) is 5.82. The second kappa shape index (κ2) is 10.5. The molecule has 0 radical (unpaired) electrons. The number of hydrogen-bond acceptors (Lipinski definition) is 5. The van der Waals surface area contributed by atoms with Crippen molar-refractivity contribution in [2.75, 3.05) is 0 Å². The number of amides is 2. The number of pyridine rings is 1. The maximum atomic E-state index is 13.9. The van der Waals surface area contributed by atoms with Crippen LogP contribution in [0.3, 0.4) is 0 Å². The fourth-order valence-electron chi connectivity index (χ4n) is 3.89. The molecule has 8 nitrogen and oxygen atoms in total. The van der Waals surface area contributed by atoms with Crippen LogP contribution in [0.5, 0.6) is 11.6 Å². The molecule has 10 heteroatoms. The zero-order valence-corrected chi connectivity index (χ0v) is 21.0. The number of benzene rings is 1. The van der Waals surface area contributed by atoms with Crippen molar-refractivity contribution < 1.29 is 18.7 Å². The Balaban J connectivity index is 1.35. The Kier molecular flexibility index (Phi) is 7.44. The summed E-state index contributed by atoms with van der Waals surface area (Å²) in [6.45, 7) is 1.89. The highest BCUT2D eigenvalue weighted by molar-refractivity contribution is 14.1. The Hall–Kier alpha value is -3.02. The molecular weight excluding hydrogens is 552 g/mol. The number of aryl methyl sites for hydroxylation is 2. The standard InChI is InChI=1S/C24H25FIN5O3/c1-14-10-21(30-31(14)2)23(33)29-18-8-6-17(7-9-18)28-22(32)20-11-15(25)13-27-24(20)34-19-5-3-4-16(26)12-19/h3-5,10-13,17-18H,6-9H2,1-2H3,(H,28,32)(H,29,33). The third kappa shape index (κ3) is 5.91. The van der Waals surface area contributed by atoms with Gasteiger partial charge in [-0.2, -0.15) is 5.10 Å². The van der Waals surface area contributed by atoms with E-state index in [1.54, 1.807) is 29.9 Å². The summed E-state index contributed by atoms with van der Waals surface area (Å²) in [4.78, 5) is 29.4. The topological polar surface area (TPSA) is 98.1 Å². The lowest BCUT2D eigenvalue weighted by atomic mass is 9.91. The summed E-state index contributed by atoms with van der Waals surface area (Å²) in [6, 6.07) is 10.1. The molecule has 4 rings (SSSR count). The van der Waals surface area contributed by atoms with E-state index in [4.69, 9.17) is 4.74 Å². The SMILES string of the molecule is Cc1cc(C(=O)NC2CCC(NC(=O)c3cc(F)cnc3Oc3cccc(I)c3)CC2)nn1C. The lowest BCUT2D eigenvalue weighted by Crippen LogP contribution is -2.44. The van der Waals surface area contributed by atoms with Crippen molar-refractivity contribution in [2.24, 2.45) is 7.05 Å². The number of rotatable bonds is 6. The van der Waals surface area contributed by atoms with Crippen LogP contribution in [0.2, 0.25) is 0 Å². The van der Waals surface area contributed by atoms with Crippen LogP contribution in [0.15, 0.2) is 42.6 Å². The highest BCUT2D eigenvalue weighted by atomic mass is 127. The van der Waals surface area contributed by atoms with E-state index in [9.17, 15) is 14.0 Å². The van der Waals surface area contributed by atoms with Crippen molar-refractivity contribution in [2.45, 2.75) is 44.7 Å². The molecule has 2 heterocycles. The number of nitrogens with one attached hydrogen (secondary N) is 2. The van der Waals surface area contributed by atoms with Crippen LogP contribution in [0, 0.1) is 16.3 Å². The number of halogens is 2.